The van der Waals surface area contributed by atoms with Gasteiger partial charge in [0.2, 0.25) is 0 Å². The first-order valence-electron chi connectivity index (χ1n) is 5.66. The van der Waals surface area contributed by atoms with E-state index < -0.39 is 23.6 Å². The van der Waals surface area contributed by atoms with Crippen LogP contribution in [0, 0.1) is 5.82 Å². The molecule has 0 fully saturated rings. The summed E-state index contributed by atoms with van der Waals surface area (Å²) in [5.74, 6) is -1.05. The minimum atomic E-state index is -1.17. The quantitative estimate of drug-likeness (QED) is 0.825. The number of benzene rings is 1. The number of ether oxygens (including phenoxy) is 1. The molecule has 5 nitrogen and oxygen atoms in total. The highest BCUT2D eigenvalue weighted by atomic mass is 19.1. The highest BCUT2D eigenvalue weighted by molar-refractivity contribution is 5.74. The number of halogens is 1. The number of phenols is 1. The first-order chi connectivity index (χ1) is 8.73. The van der Waals surface area contributed by atoms with E-state index in [0.29, 0.717) is 6.29 Å². The van der Waals surface area contributed by atoms with Gasteiger partial charge in [-0.1, -0.05) is 0 Å². The Morgan fingerprint density at radius 2 is 2.11 bits per heavy atom. The zero-order chi connectivity index (χ0) is 14.6. The summed E-state index contributed by atoms with van der Waals surface area (Å²) >= 11 is 0. The highest BCUT2D eigenvalue weighted by Crippen LogP contribution is 2.20. The van der Waals surface area contributed by atoms with Crippen molar-refractivity contribution in [3.8, 4) is 5.75 Å². The van der Waals surface area contributed by atoms with Crippen LogP contribution >= 0.6 is 0 Å². The average Bonchev–Trinajstić information content (AvgIpc) is 2.24. The molecule has 1 unspecified atom stereocenters. The van der Waals surface area contributed by atoms with Crippen molar-refractivity contribution in [2.24, 2.45) is 0 Å². The molecule has 1 aromatic carbocycles. The lowest BCUT2D eigenvalue weighted by Crippen LogP contribution is -2.35. The van der Waals surface area contributed by atoms with E-state index in [-0.39, 0.29) is 11.3 Å². The Hall–Kier alpha value is -2.11. The maximum atomic E-state index is 13.6. The van der Waals surface area contributed by atoms with Crippen molar-refractivity contribution in [2.45, 2.75) is 32.4 Å². The smallest absolute Gasteiger partial charge is 0.408 e. The second kappa shape index (κ2) is 5.69. The molecule has 0 aliphatic rings. The van der Waals surface area contributed by atoms with Gasteiger partial charge in [0.25, 0.3) is 0 Å². The Morgan fingerprint density at radius 3 is 2.58 bits per heavy atom. The van der Waals surface area contributed by atoms with Crippen LogP contribution in [0.3, 0.4) is 0 Å². The second-order valence-electron chi connectivity index (χ2n) is 4.97. The molecule has 1 rings (SSSR count). The molecule has 0 heterocycles. The Balaban J connectivity index is 2.84. The SMILES string of the molecule is CC(C)(C)OC(=O)NC(C=O)c1ccc(O)cc1F. The van der Waals surface area contributed by atoms with Crippen LogP contribution in [-0.4, -0.2) is 23.1 Å². The monoisotopic (exact) mass is 269 g/mol. The zero-order valence-corrected chi connectivity index (χ0v) is 10.9. The summed E-state index contributed by atoms with van der Waals surface area (Å²) in [5.41, 5.74) is -0.760. The van der Waals surface area contributed by atoms with E-state index >= 15 is 0 Å². The lowest BCUT2D eigenvalue weighted by Gasteiger charge is -2.21. The predicted molar refractivity (Wildman–Crippen MR) is 66.2 cm³/mol. The lowest BCUT2D eigenvalue weighted by molar-refractivity contribution is -0.109. The highest BCUT2D eigenvalue weighted by Gasteiger charge is 2.22. The van der Waals surface area contributed by atoms with E-state index in [2.05, 4.69) is 5.32 Å². The zero-order valence-electron chi connectivity index (χ0n) is 10.9. The van der Waals surface area contributed by atoms with E-state index in [1.54, 1.807) is 20.8 Å². The summed E-state index contributed by atoms with van der Waals surface area (Å²) in [5, 5.41) is 11.3. The van der Waals surface area contributed by atoms with Gasteiger partial charge in [0.15, 0.2) is 0 Å². The molecular weight excluding hydrogens is 253 g/mol. The Morgan fingerprint density at radius 1 is 1.47 bits per heavy atom. The van der Waals surface area contributed by atoms with Crippen LogP contribution in [0.1, 0.15) is 32.4 Å². The first kappa shape index (κ1) is 14.9. The third-order valence-electron chi connectivity index (χ3n) is 2.13. The van der Waals surface area contributed by atoms with E-state index in [0.717, 1.165) is 6.07 Å². The number of carbonyl (C=O) groups is 2. The molecule has 0 radical (unpaired) electrons. The molecule has 1 amide bonds. The molecule has 19 heavy (non-hydrogen) atoms. The number of hydrogen-bond donors (Lipinski definition) is 2. The Kier molecular flexibility index (Phi) is 4.47. The van der Waals surface area contributed by atoms with Crippen LogP contribution in [-0.2, 0) is 9.53 Å². The summed E-state index contributed by atoms with van der Waals surface area (Å²) in [7, 11) is 0. The van der Waals surface area contributed by atoms with Gasteiger partial charge in [-0.05, 0) is 32.9 Å². The largest absolute Gasteiger partial charge is 0.508 e. The summed E-state index contributed by atoms with van der Waals surface area (Å²) in [6.45, 7) is 5.01. The number of aromatic hydroxyl groups is 1. The van der Waals surface area contributed by atoms with Crippen LogP contribution in [0.25, 0.3) is 0 Å². The van der Waals surface area contributed by atoms with Crippen LogP contribution in [0.4, 0.5) is 9.18 Å². The van der Waals surface area contributed by atoms with Crippen LogP contribution in [0.5, 0.6) is 5.75 Å². The van der Waals surface area contributed by atoms with Crippen molar-refractivity contribution in [2.75, 3.05) is 0 Å². The van der Waals surface area contributed by atoms with E-state index in [9.17, 15) is 14.0 Å². The molecule has 0 aromatic heterocycles. The lowest BCUT2D eigenvalue weighted by atomic mass is 10.1. The second-order valence-corrected chi connectivity index (χ2v) is 4.97. The number of hydrogen-bond acceptors (Lipinski definition) is 4. The minimum Gasteiger partial charge on any atom is -0.508 e. The standard InChI is InChI=1S/C13H16FNO4/c1-13(2,3)19-12(18)15-11(7-16)9-5-4-8(17)6-10(9)14/h4-7,11,17H,1-3H3,(H,15,18). The number of rotatable bonds is 3. The van der Waals surface area contributed by atoms with Crippen LogP contribution < -0.4 is 5.32 Å². The molecular formula is C13H16FNO4. The Bertz CT molecular complexity index is 482. The van der Waals surface area contributed by atoms with Crippen molar-refractivity contribution < 1.29 is 23.8 Å². The van der Waals surface area contributed by atoms with Crippen molar-refractivity contribution in [3.63, 3.8) is 0 Å². The summed E-state index contributed by atoms with van der Waals surface area (Å²) in [6, 6.07) is 2.14. The maximum absolute atomic E-state index is 13.6. The number of nitrogens with one attached hydrogen (secondary N) is 1. The molecule has 1 aromatic rings. The third-order valence-corrected chi connectivity index (χ3v) is 2.13. The van der Waals surface area contributed by atoms with Crippen molar-refractivity contribution in [1.82, 2.24) is 5.32 Å². The molecule has 0 bridgehead atoms. The van der Waals surface area contributed by atoms with E-state index in [1.807, 2.05) is 0 Å². The molecule has 0 aliphatic carbocycles. The van der Waals surface area contributed by atoms with Gasteiger partial charge >= 0.3 is 6.09 Å². The summed E-state index contributed by atoms with van der Waals surface area (Å²) in [4.78, 5) is 22.5. The van der Waals surface area contributed by atoms with Gasteiger partial charge in [0, 0.05) is 11.6 Å². The van der Waals surface area contributed by atoms with Crippen molar-refractivity contribution in [3.05, 3.63) is 29.6 Å². The maximum Gasteiger partial charge on any atom is 0.408 e. The Labute approximate surface area is 110 Å². The van der Waals surface area contributed by atoms with E-state index in [4.69, 9.17) is 9.84 Å². The van der Waals surface area contributed by atoms with Crippen molar-refractivity contribution in [1.29, 1.82) is 0 Å². The molecule has 6 heteroatoms. The number of aldehydes is 1. The van der Waals surface area contributed by atoms with Gasteiger partial charge in [0.1, 0.15) is 29.5 Å². The minimum absolute atomic E-state index is 0.0429. The molecule has 1 atom stereocenters. The fourth-order valence-corrected chi connectivity index (χ4v) is 1.39. The molecule has 0 saturated heterocycles. The van der Waals surface area contributed by atoms with Gasteiger partial charge in [-0.15, -0.1) is 0 Å². The molecule has 0 spiro atoms. The number of alkyl carbamates (subject to hydrolysis) is 1. The summed E-state index contributed by atoms with van der Waals surface area (Å²) in [6.07, 6.45) is -0.434. The first-order valence-corrected chi connectivity index (χ1v) is 5.66. The third kappa shape index (κ3) is 4.57. The molecule has 2 N–H and O–H groups in total. The fraction of sp³-hybridized carbons (Fsp3) is 0.385. The van der Waals surface area contributed by atoms with Gasteiger partial charge in [0.05, 0.1) is 0 Å². The van der Waals surface area contributed by atoms with Crippen LogP contribution in [0.15, 0.2) is 18.2 Å². The van der Waals surface area contributed by atoms with Crippen LogP contribution in [0.2, 0.25) is 0 Å². The number of carbonyl (C=O) groups excluding carboxylic acids is 2. The van der Waals surface area contributed by atoms with E-state index in [1.165, 1.54) is 12.1 Å². The molecule has 0 aliphatic heterocycles. The molecule has 104 valence electrons. The van der Waals surface area contributed by atoms with Gasteiger partial charge in [-0.3, -0.25) is 0 Å². The number of phenolic OH excluding ortho intramolecular Hbond substituents is 1. The predicted octanol–water partition coefficient (Wildman–Crippen LogP) is 2.30. The average molecular weight is 269 g/mol. The normalized spacial score (nSPS) is 12.6. The van der Waals surface area contributed by atoms with Gasteiger partial charge in [-0.2, -0.15) is 0 Å². The summed E-state index contributed by atoms with van der Waals surface area (Å²) < 4.78 is 18.5. The van der Waals surface area contributed by atoms with Crippen molar-refractivity contribution >= 4 is 12.4 Å². The van der Waals surface area contributed by atoms with Gasteiger partial charge in [-0.25, -0.2) is 9.18 Å². The fourth-order valence-electron chi connectivity index (χ4n) is 1.39. The topological polar surface area (TPSA) is 75.6 Å². The number of amides is 1. The van der Waals surface area contributed by atoms with Gasteiger partial charge < -0.3 is 20.0 Å². The molecule has 0 saturated carbocycles.